The highest BCUT2D eigenvalue weighted by molar-refractivity contribution is 6.10. The van der Waals surface area contributed by atoms with Gasteiger partial charge in [-0.3, -0.25) is 0 Å². The molecule has 0 aliphatic rings. The van der Waals surface area contributed by atoms with Gasteiger partial charge in [0.2, 0.25) is 0 Å². The molecule has 2 aromatic carbocycles. The number of nitriles is 2. The number of rotatable bonds is 0. The van der Waals surface area contributed by atoms with E-state index in [1.165, 1.54) is 0 Å². The molecule has 3 nitrogen and oxygen atoms in total. The molecule has 0 saturated heterocycles. The summed E-state index contributed by atoms with van der Waals surface area (Å²) in [5, 5.41) is 20.0. The molecule has 0 unspecified atom stereocenters. The lowest BCUT2D eigenvalue weighted by Crippen LogP contribution is -1.84. The fourth-order valence-electron chi connectivity index (χ4n) is 2.15. The number of fused-ring (bicyclic) bond motifs is 3. The zero-order valence-corrected chi connectivity index (χ0v) is 8.86. The molecule has 0 atom stereocenters. The maximum atomic E-state index is 9.21. The number of para-hydroxylation sites is 1. The van der Waals surface area contributed by atoms with Gasteiger partial charge in [-0.15, -0.1) is 0 Å². The number of H-pyrrole nitrogens is 1. The molecule has 0 radical (unpaired) electrons. The van der Waals surface area contributed by atoms with Gasteiger partial charge in [0, 0.05) is 21.8 Å². The Morgan fingerprint density at radius 2 is 1.71 bits per heavy atom. The van der Waals surface area contributed by atoms with Crippen LogP contribution in [0.1, 0.15) is 11.1 Å². The standard InChI is InChI=1S/C14H7N3/c15-7-9-5-6-13-14(11(9)8-16)10-3-1-2-4-12(10)17-13/h1-6,17H. The van der Waals surface area contributed by atoms with E-state index in [-0.39, 0.29) is 0 Å². The quantitative estimate of drug-likeness (QED) is 0.629. The molecule has 17 heavy (non-hydrogen) atoms. The average Bonchev–Trinajstić information content (AvgIpc) is 2.76. The van der Waals surface area contributed by atoms with Gasteiger partial charge < -0.3 is 4.98 Å². The van der Waals surface area contributed by atoms with E-state index in [0.29, 0.717) is 11.1 Å². The Kier molecular flexibility index (Phi) is 1.87. The molecule has 0 aliphatic heterocycles. The summed E-state index contributed by atoms with van der Waals surface area (Å²) >= 11 is 0. The van der Waals surface area contributed by atoms with E-state index in [9.17, 15) is 5.26 Å². The molecule has 3 heteroatoms. The molecule has 0 bridgehead atoms. The average molecular weight is 217 g/mol. The third kappa shape index (κ3) is 1.20. The minimum Gasteiger partial charge on any atom is -0.354 e. The summed E-state index contributed by atoms with van der Waals surface area (Å²) in [5.41, 5.74) is 2.74. The fraction of sp³-hybridized carbons (Fsp3) is 0. The van der Waals surface area contributed by atoms with Gasteiger partial charge in [0.25, 0.3) is 0 Å². The number of nitrogens with one attached hydrogen (secondary N) is 1. The van der Waals surface area contributed by atoms with Crippen molar-refractivity contribution < 1.29 is 0 Å². The lowest BCUT2D eigenvalue weighted by atomic mass is 10.0. The zero-order valence-electron chi connectivity index (χ0n) is 8.86. The third-order valence-electron chi connectivity index (χ3n) is 2.90. The Balaban J connectivity index is 2.63. The van der Waals surface area contributed by atoms with Gasteiger partial charge in [0.05, 0.1) is 11.1 Å². The van der Waals surface area contributed by atoms with Gasteiger partial charge in [-0.1, -0.05) is 18.2 Å². The molecule has 0 spiro atoms. The molecule has 0 saturated carbocycles. The van der Waals surface area contributed by atoms with Crippen molar-refractivity contribution in [2.24, 2.45) is 0 Å². The summed E-state index contributed by atoms with van der Waals surface area (Å²) in [5.74, 6) is 0. The minimum atomic E-state index is 0.421. The van der Waals surface area contributed by atoms with Crippen molar-refractivity contribution in [2.75, 3.05) is 0 Å². The molecule has 3 rings (SSSR count). The first-order valence-electron chi connectivity index (χ1n) is 5.19. The van der Waals surface area contributed by atoms with E-state index >= 15 is 0 Å². The molecule has 3 aromatic rings. The van der Waals surface area contributed by atoms with Crippen molar-refractivity contribution in [3.8, 4) is 12.1 Å². The highest BCUT2D eigenvalue weighted by Gasteiger charge is 2.11. The van der Waals surface area contributed by atoms with Crippen molar-refractivity contribution in [1.82, 2.24) is 4.98 Å². The third-order valence-corrected chi connectivity index (χ3v) is 2.90. The van der Waals surface area contributed by atoms with Crippen molar-refractivity contribution in [2.45, 2.75) is 0 Å². The van der Waals surface area contributed by atoms with Crippen LogP contribution < -0.4 is 0 Å². The largest absolute Gasteiger partial charge is 0.354 e. The molecule has 0 amide bonds. The summed E-state index contributed by atoms with van der Waals surface area (Å²) in [4.78, 5) is 3.24. The molecule has 78 valence electrons. The van der Waals surface area contributed by atoms with E-state index in [4.69, 9.17) is 5.26 Å². The van der Waals surface area contributed by atoms with Gasteiger partial charge in [0.15, 0.2) is 0 Å². The van der Waals surface area contributed by atoms with E-state index < -0.39 is 0 Å². The van der Waals surface area contributed by atoms with E-state index in [2.05, 4.69) is 17.1 Å². The van der Waals surface area contributed by atoms with Gasteiger partial charge in [-0.2, -0.15) is 10.5 Å². The number of hydrogen-bond donors (Lipinski definition) is 1. The zero-order chi connectivity index (χ0) is 11.8. The summed E-state index contributed by atoms with van der Waals surface area (Å²) in [7, 11) is 0. The second kappa shape index (κ2) is 3.37. The van der Waals surface area contributed by atoms with Crippen LogP contribution in [0.5, 0.6) is 0 Å². The number of aromatic nitrogens is 1. The second-order valence-electron chi connectivity index (χ2n) is 3.80. The molecule has 0 fully saturated rings. The lowest BCUT2D eigenvalue weighted by molar-refractivity contribution is 1.45. The fourth-order valence-corrected chi connectivity index (χ4v) is 2.15. The maximum absolute atomic E-state index is 9.21. The van der Waals surface area contributed by atoms with Crippen LogP contribution in [0, 0.1) is 22.7 Å². The van der Waals surface area contributed by atoms with Crippen LogP contribution in [0.25, 0.3) is 21.8 Å². The summed E-state index contributed by atoms with van der Waals surface area (Å²) in [6.45, 7) is 0. The van der Waals surface area contributed by atoms with Crippen LogP contribution >= 0.6 is 0 Å². The Labute approximate surface area is 97.5 Å². The Hall–Kier alpha value is -2.78. The second-order valence-corrected chi connectivity index (χ2v) is 3.80. The Bertz CT molecular complexity index is 813. The predicted molar refractivity (Wildman–Crippen MR) is 65.2 cm³/mol. The number of aromatic amines is 1. The summed E-state index contributed by atoms with van der Waals surface area (Å²) < 4.78 is 0. The monoisotopic (exact) mass is 217 g/mol. The van der Waals surface area contributed by atoms with Crippen molar-refractivity contribution in [3.05, 3.63) is 47.5 Å². The van der Waals surface area contributed by atoms with Crippen LogP contribution in [0.3, 0.4) is 0 Å². The first kappa shape index (κ1) is 9.45. The Morgan fingerprint density at radius 1 is 0.882 bits per heavy atom. The van der Waals surface area contributed by atoms with Crippen molar-refractivity contribution in [1.29, 1.82) is 10.5 Å². The van der Waals surface area contributed by atoms with Crippen LogP contribution in [0.4, 0.5) is 0 Å². The van der Waals surface area contributed by atoms with Gasteiger partial charge in [-0.25, -0.2) is 0 Å². The lowest BCUT2D eigenvalue weighted by Gasteiger charge is -1.96. The molecular weight excluding hydrogens is 210 g/mol. The molecule has 1 N–H and O–H groups in total. The van der Waals surface area contributed by atoms with Crippen molar-refractivity contribution in [3.63, 3.8) is 0 Å². The van der Waals surface area contributed by atoms with Crippen LogP contribution in [-0.2, 0) is 0 Å². The van der Waals surface area contributed by atoms with Gasteiger partial charge >= 0.3 is 0 Å². The van der Waals surface area contributed by atoms with Gasteiger partial charge in [-0.05, 0) is 18.2 Å². The highest BCUT2D eigenvalue weighted by atomic mass is 14.7. The van der Waals surface area contributed by atoms with Crippen LogP contribution in [0.2, 0.25) is 0 Å². The summed E-state index contributed by atoms with van der Waals surface area (Å²) in [6.07, 6.45) is 0. The van der Waals surface area contributed by atoms with Crippen molar-refractivity contribution >= 4 is 21.8 Å². The van der Waals surface area contributed by atoms with E-state index in [1.807, 2.05) is 30.3 Å². The first-order valence-corrected chi connectivity index (χ1v) is 5.19. The number of nitrogens with zero attached hydrogens (tertiary/aromatic N) is 2. The highest BCUT2D eigenvalue weighted by Crippen LogP contribution is 2.29. The SMILES string of the molecule is N#Cc1ccc2[nH]c3ccccc3c2c1C#N. The topological polar surface area (TPSA) is 63.4 Å². The van der Waals surface area contributed by atoms with Crippen LogP contribution in [-0.4, -0.2) is 4.98 Å². The normalized spacial score (nSPS) is 10.2. The predicted octanol–water partition coefficient (Wildman–Crippen LogP) is 3.06. The minimum absolute atomic E-state index is 0.421. The number of benzene rings is 2. The molecule has 1 heterocycles. The Morgan fingerprint density at radius 3 is 2.47 bits per heavy atom. The molecule has 0 aliphatic carbocycles. The van der Waals surface area contributed by atoms with E-state index in [1.54, 1.807) is 6.07 Å². The maximum Gasteiger partial charge on any atom is 0.101 e. The molecular formula is C14H7N3. The smallest absolute Gasteiger partial charge is 0.101 e. The van der Waals surface area contributed by atoms with Crippen LogP contribution in [0.15, 0.2) is 36.4 Å². The molecule has 1 aromatic heterocycles. The van der Waals surface area contributed by atoms with E-state index in [0.717, 1.165) is 21.8 Å². The van der Waals surface area contributed by atoms with Gasteiger partial charge in [0.1, 0.15) is 12.1 Å². The first-order chi connectivity index (χ1) is 8.35. The summed E-state index contributed by atoms with van der Waals surface area (Å²) in [6, 6.07) is 15.5. The number of hydrogen-bond acceptors (Lipinski definition) is 2.